The highest BCUT2D eigenvalue weighted by Gasteiger charge is 2.35. The average molecular weight is 259 g/mol. The normalized spacial score (nSPS) is 23.6. The van der Waals surface area contributed by atoms with Gasteiger partial charge in [-0.05, 0) is 50.3 Å². The number of para-hydroxylation sites is 1. The van der Waals surface area contributed by atoms with Gasteiger partial charge in [-0.15, -0.1) is 0 Å². The highest BCUT2D eigenvalue weighted by Crippen LogP contribution is 2.44. The zero-order valence-electron chi connectivity index (χ0n) is 11.8. The van der Waals surface area contributed by atoms with Gasteiger partial charge in [-0.3, -0.25) is 4.90 Å². The summed E-state index contributed by atoms with van der Waals surface area (Å²) in [7, 11) is 0. The summed E-state index contributed by atoms with van der Waals surface area (Å²) in [5.41, 5.74) is 1.75. The minimum atomic E-state index is 0.445. The number of rotatable bonds is 2. The standard InChI is InChI=1S/C17H25NO/c19-16-7-3-2-6-15(16)14-18-12-10-17(11-13-18)8-4-1-5-9-17/h2-3,6-7,19H,1,4-5,8-14H2. The molecule has 0 unspecified atom stereocenters. The summed E-state index contributed by atoms with van der Waals surface area (Å²) in [6.45, 7) is 3.31. The summed E-state index contributed by atoms with van der Waals surface area (Å²) in [5.74, 6) is 0.445. The summed E-state index contributed by atoms with van der Waals surface area (Å²) < 4.78 is 0. The van der Waals surface area contributed by atoms with Gasteiger partial charge in [-0.25, -0.2) is 0 Å². The second-order valence-corrected chi connectivity index (χ2v) is 6.47. The number of hydrogen-bond acceptors (Lipinski definition) is 2. The molecule has 0 amide bonds. The Hall–Kier alpha value is -1.02. The fourth-order valence-electron chi connectivity index (χ4n) is 3.87. The molecular formula is C17H25NO. The molecule has 1 heterocycles. The Morgan fingerprint density at radius 1 is 0.947 bits per heavy atom. The monoisotopic (exact) mass is 259 g/mol. The SMILES string of the molecule is Oc1ccccc1CN1CCC2(CCCCC2)CC1. The number of piperidine rings is 1. The Balaban J connectivity index is 1.57. The molecule has 0 radical (unpaired) electrons. The van der Waals surface area contributed by atoms with Crippen molar-refractivity contribution in [1.29, 1.82) is 0 Å². The summed E-state index contributed by atoms with van der Waals surface area (Å²) in [6, 6.07) is 7.75. The highest BCUT2D eigenvalue weighted by molar-refractivity contribution is 5.31. The maximum absolute atomic E-state index is 9.86. The molecule has 1 saturated carbocycles. The lowest BCUT2D eigenvalue weighted by molar-refractivity contribution is 0.0638. The first-order chi connectivity index (χ1) is 9.27. The zero-order chi connectivity index (χ0) is 13.1. The van der Waals surface area contributed by atoms with E-state index in [0.717, 1.165) is 12.1 Å². The van der Waals surface area contributed by atoms with Crippen LogP contribution in [0.4, 0.5) is 0 Å². The minimum Gasteiger partial charge on any atom is -0.508 e. The summed E-state index contributed by atoms with van der Waals surface area (Å²) >= 11 is 0. The molecule has 0 bridgehead atoms. The number of phenolic OH excluding ortho intramolecular Hbond substituents is 1. The summed E-state index contributed by atoms with van der Waals surface area (Å²) in [5, 5.41) is 9.86. The molecule has 3 rings (SSSR count). The van der Waals surface area contributed by atoms with Crippen molar-refractivity contribution in [3.05, 3.63) is 29.8 Å². The van der Waals surface area contributed by atoms with E-state index < -0.39 is 0 Å². The topological polar surface area (TPSA) is 23.5 Å². The van der Waals surface area contributed by atoms with Gasteiger partial charge < -0.3 is 5.11 Å². The molecule has 1 spiro atoms. The zero-order valence-corrected chi connectivity index (χ0v) is 11.8. The molecule has 2 nitrogen and oxygen atoms in total. The number of hydrogen-bond donors (Lipinski definition) is 1. The van der Waals surface area contributed by atoms with Crippen LogP contribution in [0.2, 0.25) is 0 Å². The summed E-state index contributed by atoms with van der Waals surface area (Å²) in [6.07, 6.45) is 9.97. The van der Waals surface area contributed by atoms with E-state index in [1.165, 1.54) is 58.0 Å². The van der Waals surface area contributed by atoms with E-state index in [1.807, 2.05) is 18.2 Å². The highest BCUT2D eigenvalue weighted by atomic mass is 16.3. The van der Waals surface area contributed by atoms with Crippen LogP contribution in [0.15, 0.2) is 24.3 Å². The molecule has 2 fully saturated rings. The van der Waals surface area contributed by atoms with Crippen molar-refractivity contribution < 1.29 is 5.11 Å². The molecule has 0 aromatic heterocycles. The van der Waals surface area contributed by atoms with Crippen LogP contribution in [0.3, 0.4) is 0 Å². The van der Waals surface area contributed by atoms with Crippen LogP contribution in [0, 0.1) is 5.41 Å². The molecule has 1 aromatic carbocycles. The second-order valence-electron chi connectivity index (χ2n) is 6.47. The van der Waals surface area contributed by atoms with Crippen molar-refractivity contribution in [3.63, 3.8) is 0 Å². The third-order valence-electron chi connectivity index (χ3n) is 5.22. The lowest BCUT2D eigenvalue weighted by Crippen LogP contribution is -2.40. The van der Waals surface area contributed by atoms with E-state index in [1.54, 1.807) is 6.07 Å². The molecule has 104 valence electrons. The van der Waals surface area contributed by atoms with Crippen LogP contribution in [0.5, 0.6) is 5.75 Å². The Bertz CT molecular complexity index is 413. The van der Waals surface area contributed by atoms with E-state index in [0.29, 0.717) is 11.2 Å². The Labute approximate surface area is 116 Å². The molecular weight excluding hydrogens is 234 g/mol. The Morgan fingerprint density at radius 3 is 2.32 bits per heavy atom. The number of phenols is 1. The van der Waals surface area contributed by atoms with E-state index >= 15 is 0 Å². The smallest absolute Gasteiger partial charge is 0.120 e. The first-order valence-electron chi connectivity index (χ1n) is 7.77. The maximum Gasteiger partial charge on any atom is 0.120 e. The molecule has 19 heavy (non-hydrogen) atoms. The van der Waals surface area contributed by atoms with Crippen LogP contribution < -0.4 is 0 Å². The third-order valence-corrected chi connectivity index (χ3v) is 5.22. The van der Waals surface area contributed by atoms with Gasteiger partial charge in [0.25, 0.3) is 0 Å². The van der Waals surface area contributed by atoms with E-state index in [4.69, 9.17) is 0 Å². The van der Waals surface area contributed by atoms with Crippen molar-refractivity contribution >= 4 is 0 Å². The second kappa shape index (κ2) is 5.54. The molecule has 1 N–H and O–H groups in total. The van der Waals surface area contributed by atoms with Gasteiger partial charge in [-0.2, -0.15) is 0 Å². The maximum atomic E-state index is 9.86. The largest absolute Gasteiger partial charge is 0.508 e. The van der Waals surface area contributed by atoms with Gasteiger partial charge >= 0.3 is 0 Å². The van der Waals surface area contributed by atoms with Crippen LogP contribution in [0.25, 0.3) is 0 Å². The Morgan fingerprint density at radius 2 is 1.63 bits per heavy atom. The fraction of sp³-hybridized carbons (Fsp3) is 0.647. The van der Waals surface area contributed by atoms with Gasteiger partial charge in [0.2, 0.25) is 0 Å². The van der Waals surface area contributed by atoms with Crippen LogP contribution in [-0.4, -0.2) is 23.1 Å². The molecule has 2 aliphatic rings. The van der Waals surface area contributed by atoms with Crippen molar-refractivity contribution in [3.8, 4) is 5.75 Å². The van der Waals surface area contributed by atoms with Crippen molar-refractivity contribution in [1.82, 2.24) is 4.90 Å². The molecule has 1 aliphatic heterocycles. The van der Waals surface area contributed by atoms with Gasteiger partial charge in [0.1, 0.15) is 5.75 Å². The van der Waals surface area contributed by atoms with Gasteiger partial charge in [0, 0.05) is 12.1 Å². The molecule has 1 saturated heterocycles. The van der Waals surface area contributed by atoms with Gasteiger partial charge in [0.05, 0.1) is 0 Å². The number of likely N-dealkylation sites (tertiary alicyclic amines) is 1. The Kier molecular flexibility index (Phi) is 3.79. The van der Waals surface area contributed by atoms with Crippen molar-refractivity contribution in [2.75, 3.05) is 13.1 Å². The predicted molar refractivity (Wildman–Crippen MR) is 78.1 cm³/mol. The molecule has 1 aliphatic carbocycles. The lowest BCUT2D eigenvalue weighted by Gasteiger charge is -2.44. The van der Waals surface area contributed by atoms with Crippen molar-refractivity contribution in [2.45, 2.75) is 51.5 Å². The first kappa shape index (κ1) is 13.0. The van der Waals surface area contributed by atoms with Crippen LogP contribution in [0.1, 0.15) is 50.5 Å². The number of aromatic hydroxyl groups is 1. The van der Waals surface area contributed by atoms with E-state index in [2.05, 4.69) is 4.90 Å². The first-order valence-corrected chi connectivity index (χ1v) is 7.77. The number of benzene rings is 1. The lowest BCUT2D eigenvalue weighted by atomic mass is 9.68. The molecule has 1 aromatic rings. The predicted octanol–water partition coefficient (Wildman–Crippen LogP) is 3.94. The quantitative estimate of drug-likeness (QED) is 0.869. The summed E-state index contributed by atoms with van der Waals surface area (Å²) in [4.78, 5) is 2.51. The molecule has 2 heteroatoms. The van der Waals surface area contributed by atoms with E-state index in [9.17, 15) is 5.11 Å². The minimum absolute atomic E-state index is 0.445. The van der Waals surface area contributed by atoms with E-state index in [-0.39, 0.29) is 0 Å². The van der Waals surface area contributed by atoms with Gasteiger partial charge in [0.15, 0.2) is 0 Å². The molecule has 0 atom stereocenters. The van der Waals surface area contributed by atoms with Gasteiger partial charge in [-0.1, -0.05) is 37.5 Å². The third kappa shape index (κ3) is 2.94. The number of nitrogens with zero attached hydrogens (tertiary/aromatic N) is 1. The van der Waals surface area contributed by atoms with Crippen LogP contribution in [-0.2, 0) is 6.54 Å². The van der Waals surface area contributed by atoms with Crippen molar-refractivity contribution in [2.24, 2.45) is 5.41 Å². The fourth-order valence-corrected chi connectivity index (χ4v) is 3.87. The van der Waals surface area contributed by atoms with Crippen LogP contribution >= 0.6 is 0 Å². The average Bonchev–Trinajstić information content (AvgIpc) is 2.45.